The van der Waals surface area contributed by atoms with Crippen LogP contribution in [0.5, 0.6) is 0 Å². The molecule has 1 aromatic carbocycles. The van der Waals surface area contributed by atoms with E-state index in [1.54, 1.807) is 0 Å². The van der Waals surface area contributed by atoms with Gasteiger partial charge in [0.15, 0.2) is 0 Å². The minimum Gasteiger partial charge on any atom is -0.326 e. The van der Waals surface area contributed by atoms with Crippen LogP contribution < -0.4 is 5.32 Å². The summed E-state index contributed by atoms with van der Waals surface area (Å²) in [4.78, 5) is 10.8. The predicted molar refractivity (Wildman–Crippen MR) is 48.4 cm³/mol. The molecule has 0 saturated heterocycles. The summed E-state index contributed by atoms with van der Waals surface area (Å²) >= 11 is 2.95. The first-order chi connectivity index (χ1) is 6.86. The summed E-state index contributed by atoms with van der Waals surface area (Å²) in [6.45, 7) is 1.24. The van der Waals surface area contributed by atoms with Crippen LogP contribution in [-0.2, 0) is 4.79 Å². The molecule has 2 nitrogen and oxygen atoms in total. The van der Waals surface area contributed by atoms with Gasteiger partial charge >= 0.3 is 0 Å². The molecule has 0 aromatic heterocycles. The number of anilines is 1. The average molecular weight is 218 g/mol. The Morgan fingerprint density at radius 1 is 1.55 bits per heavy atom. The van der Waals surface area contributed by atoms with Gasteiger partial charge in [0.1, 0.15) is 0 Å². The number of halogens is 1. The molecule has 0 radical (unpaired) electrons. The van der Waals surface area contributed by atoms with Crippen molar-refractivity contribution in [2.45, 2.75) is 6.92 Å². The number of benzene rings is 1. The molecule has 0 bridgehead atoms. The van der Waals surface area contributed by atoms with Crippen molar-refractivity contribution in [2.75, 3.05) is 5.32 Å². The van der Waals surface area contributed by atoms with E-state index in [0.29, 0.717) is 0 Å². The number of carbonyl (C=O) groups excluding carboxylic acids is 1. The summed E-state index contributed by atoms with van der Waals surface area (Å²) in [5, 5.41) is 2.28. The predicted octanol–water partition coefficient (Wildman–Crippen LogP) is 2.41. The highest BCUT2D eigenvalue weighted by Gasteiger charge is 1.92. The highest BCUT2D eigenvalue weighted by Crippen LogP contribution is 2.13. The largest absolute Gasteiger partial charge is 0.326 e. The van der Waals surface area contributed by atoms with E-state index in [1.807, 2.05) is 0 Å². The fourth-order valence-corrected chi connectivity index (χ4v) is 0.734. The van der Waals surface area contributed by atoms with Crippen LogP contribution in [0.4, 0.5) is 5.69 Å². The van der Waals surface area contributed by atoms with E-state index in [0.717, 1.165) is 0 Å². The van der Waals surface area contributed by atoms with Crippen molar-refractivity contribution < 1.29 is 10.3 Å². The van der Waals surface area contributed by atoms with Gasteiger partial charge in [0, 0.05) is 17.1 Å². The average Bonchev–Trinajstić information content (AvgIpc) is 2.18. The molecule has 0 spiro atoms. The fourth-order valence-electron chi connectivity index (χ4n) is 0.536. The summed E-state index contributed by atoms with van der Waals surface area (Å²) in [6.07, 6.45) is 0. The third-order valence-corrected chi connectivity index (χ3v) is 1.29. The molecule has 0 saturated carbocycles. The quantitative estimate of drug-likeness (QED) is 0.770. The number of hydrogen-bond donors (Lipinski definition) is 1. The molecule has 0 aliphatic carbocycles. The lowest BCUT2D eigenvalue weighted by Crippen LogP contribution is -2.04. The lowest BCUT2D eigenvalue weighted by Gasteiger charge is -1.99. The summed E-state index contributed by atoms with van der Waals surface area (Å²) < 4.78 is 30.1. The molecule has 58 valence electrons. The molecular formula is C8H8BrNO. The summed E-state index contributed by atoms with van der Waals surface area (Å²) in [7, 11) is 0. The van der Waals surface area contributed by atoms with Crippen LogP contribution in [0.25, 0.3) is 0 Å². The van der Waals surface area contributed by atoms with Gasteiger partial charge in [-0.25, -0.2) is 0 Å². The van der Waals surface area contributed by atoms with Crippen molar-refractivity contribution in [2.24, 2.45) is 0 Å². The number of rotatable bonds is 1. The zero-order valence-corrected chi connectivity index (χ0v) is 7.37. The SMILES string of the molecule is [2H]c1c([2H])c(NC(C)=O)c([2H])c([2H])c1Br. The first-order valence-electron chi connectivity index (χ1n) is 4.89. The zero-order chi connectivity index (χ0) is 11.7. The van der Waals surface area contributed by atoms with Crippen molar-refractivity contribution in [1.82, 2.24) is 0 Å². The van der Waals surface area contributed by atoms with Gasteiger partial charge in [-0.15, -0.1) is 0 Å². The summed E-state index contributed by atoms with van der Waals surface area (Å²) in [5.74, 6) is -0.432. The van der Waals surface area contributed by atoms with E-state index in [-0.39, 0.29) is 34.3 Å². The molecule has 1 N–H and O–H groups in total. The Bertz CT molecular complexity index is 406. The maximum atomic E-state index is 10.8. The molecule has 0 aliphatic rings. The van der Waals surface area contributed by atoms with E-state index < -0.39 is 5.91 Å². The molecule has 0 aliphatic heterocycles. The topological polar surface area (TPSA) is 29.1 Å². The molecule has 0 heterocycles. The highest BCUT2D eigenvalue weighted by atomic mass is 79.9. The Hall–Kier alpha value is -0.830. The summed E-state index contributed by atoms with van der Waals surface area (Å²) in [6, 6.07) is -0.948. The third kappa shape index (κ3) is 2.72. The molecule has 1 rings (SSSR count). The second-order valence-corrected chi connectivity index (χ2v) is 2.66. The molecule has 0 fully saturated rings. The summed E-state index contributed by atoms with van der Waals surface area (Å²) in [5.41, 5.74) is -0.0966. The van der Waals surface area contributed by atoms with Crippen molar-refractivity contribution in [1.29, 1.82) is 0 Å². The molecular weight excluding hydrogens is 206 g/mol. The second-order valence-electron chi connectivity index (χ2n) is 1.87. The fraction of sp³-hybridized carbons (Fsp3) is 0.125. The van der Waals surface area contributed by atoms with Gasteiger partial charge in [0.25, 0.3) is 0 Å². The standard InChI is InChI=1S/C8H8BrNO/c1-6(11)10-8-4-2-7(9)3-5-8/h2-5H,1H3,(H,10,11)/i2D,3D,4D,5D. The normalized spacial score (nSPS) is 14.4. The Labute approximate surface area is 79.4 Å². The number of carbonyl (C=O) groups is 1. The number of nitrogens with one attached hydrogen (secondary N) is 1. The van der Waals surface area contributed by atoms with E-state index in [1.165, 1.54) is 6.92 Å². The third-order valence-electron chi connectivity index (χ3n) is 0.896. The Morgan fingerprint density at radius 3 is 2.55 bits per heavy atom. The molecule has 0 unspecified atom stereocenters. The molecule has 11 heavy (non-hydrogen) atoms. The zero-order valence-electron chi connectivity index (χ0n) is 9.79. The van der Waals surface area contributed by atoms with Crippen LogP contribution in [0.3, 0.4) is 0 Å². The van der Waals surface area contributed by atoms with E-state index in [9.17, 15) is 4.79 Å². The van der Waals surface area contributed by atoms with E-state index in [4.69, 9.17) is 5.48 Å². The van der Waals surface area contributed by atoms with Crippen molar-refractivity contribution in [3.63, 3.8) is 0 Å². The van der Waals surface area contributed by atoms with Crippen LogP contribution in [0.15, 0.2) is 28.6 Å². The molecule has 1 aromatic rings. The van der Waals surface area contributed by atoms with E-state index in [2.05, 4.69) is 21.2 Å². The molecule has 3 heteroatoms. The van der Waals surface area contributed by atoms with Crippen LogP contribution in [-0.4, -0.2) is 5.91 Å². The van der Waals surface area contributed by atoms with Gasteiger partial charge in [-0.1, -0.05) is 15.9 Å². The lowest BCUT2D eigenvalue weighted by molar-refractivity contribution is -0.114. The smallest absolute Gasteiger partial charge is 0.221 e. The van der Waals surface area contributed by atoms with Crippen molar-refractivity contribution in [3.8, 4) is 0 Å². The van der Waals surface area contributed by atoms with Gasteiger partial charge in [-0.2, -0.15) is 0 Å². The second kappa shape index (κ2) is 3.53. The van der Waals surface area contributed by atoms with Crippen LogP contribution in [0, 0.1) is 0 Å². The Morgan fingerprint density at radius 2 is 2.09 bits per heavy atom. The Balaban J connectivity index is 3.45. The first kappa shape index (κ1) is 4.26. The van der Waals surface area contributed by atoms with Crippen LogP contribution in [0.2, 0.25) is 0 Å². The minimum absolute atomic E-state index is 0.0894. The highest BCUT2D eigenvalue weighted by molar-refractivity contribution is 9.10. The lowest BCUT2D eigenvalue weighted by atomic mass is 10.3. The van der Waals surface area contributed by atoms with Crippen LogP contribution in [0.1, 0.15) is 12.4 Å². The molecule has 1 amide bonds. The van der Waals surface area contributed by atoms with Gasteiger partial charge in [-0.05, 0) is 24.2 Å². The van der Waals surface area contributed by atoms with Crippen molar-refractivity contribution in [3.05, 3.63) is 28.6 Å². The first-order valence-corrected chi connectivity index (χ1v) is 3.69. The maximum absolute atomic E-state index is 10.8. The van der Waals surface area contributed by atoms with Gasteiger partial charge in [0.2, 0.25) is 5.91 Å². The van der Waals surface area contributed by atoms with Gasteiger partial charge in [-0.3, -0.25) is 4.79 Å². The van der Waals surface area contributed by atoms with Crippen molar-refractivity contribution >= 4 is 27.5 Å². The number of amides is 1. The minimum atomic E-state index is -0.432. The monoisotopic (exact) mass is 217 g/mol. The Kier molecular flexibility index (Phi) is 1.37. The maximum Gasteiger partial charge on any atom is 0.221 e. The van der Waals surface area contributed by atoms with Gasteiger partial charge < -0.3 is 5.32 Å². The van der Waals surface area contributed by atoms with E-state index >= 15 is 0 Å². The molecule has 0 atom stereocenters. The van der Waals surface area contributed by atoms with Crippen LogP contribution >= 0.6 is 15.9 Å². The number of hydrogen-bond acceptors (Lipinski definition) is 1. The van der Waals surface area contributed by atoms with Gasteiger partial charge in [0.05, 0.1) is 5.48 Å².